The van der Waals surface area contributed by atoms with Crippen LogP contribution in [-0.2, 0) is 14.8 Å². The van der Waals surface area contributed by atoms with E-state index in [4.69, 9.17) is 9.47 Å². The van der Waals surface area contributed by atoms with Crippen LogP contribution in [0, 0.1) is 0 Å². The Hall–Kier alpha value is -2.33. The highest BCUT2D eigenvalue weighted by molar-refractivity contribution is 7.89. The second kappa shape index (κ2) is 9.05. The molecule has 0 bridgehead atoms. The third kappa shape index (κ3) is 4.89. The molecule has 9 nitrogen and oxygen atoms in total. The van der Waals surface area contributed by atoms with Crippen molar-refractivity contribution in [3.63, 3.8) is 0 Å². The van der Waals surface area contributed by atoms with Crippen LogP contribution in [0.2, 0.25) is 0 Å². The molecule has 0 spiro atoms. The van der Waals surface area contributed by atoms with E-state index in [9.17, 15) is 18.0 Å². The van der Waals surface area contributed by atoms with Gasteiger partial charge in [0.15, 0.2) is 0 Å². The average Bonchev–Trinajstić information content (AvgIpc) is 2.67. The number of piperazine rings is 1. The zero-order chi connectivity index (χ0) is 20.0. The maximum absolute atomic E-state index is 12.8. The molecule has 1 aromatic rings. The van der Waals surface area contributed by atoms with Crippen LogP contribution in [0.5, 0.6) is 5.75 Å². The molecule has 1 saturated heterocycles. The minimum absolute atomic E-state index is 0.0807. The summed E-state index contributed by atoms with van der Waals surface area (Å²) in [6.45, 7) is 5.35. The molecular formula is C17H25N3O6S. The standard InChI is InChI=1S/C17H25N3O6S/c1-4-18-27(23,24)15-12-13(6-7-14(15)25-3)16(21)19-8-10-20(11-9-19)17(22)26-5-2/h6-7,12,18H,4-5,8-11H2,1-3H3. The first-order valence-electron chi connectivity index (χ1n) is 8.72. The van der Waals surface area contributed by atoms with Gasteiger partial charge in [0.25, 0.3) is 5.91 Å². The van der Waals surface area contributed by atoms with Crippen molar-refractivity contribution in [3.8, 4) is 5.75 Å². The third-order valence-corrected chi connectivity index (χ3v) is 5.69. The van der Waals surface area contributed by atoms with Gasteiger partial charge < -0.3 is 19.3 Å². The molecule has 0 radical (unpaired) electrons. The third-order valence-electron chi connectivity index (χ3n) is 4.13. The van der Waals surface area contributed by atoms with Crippen molar-refractivity contribution >= 4 is 22.0 Å². The molecule has 2 rings (SSSR count). The Labute approximate surface area is 159 Å². The lowest BCUT2D eigenvalue weighted by Gasteiger charge is -2.34. The molecule has 1 fully saturated rings. The maximum Gasteiger partial charge on any atom is 0.409 e. The number of benzene rings is 1. The fourth-order valence-corrected chi connectivity index (χ4v) is 4.01. The summed E-state index contributed by atoms with van der Waals surface area (Å²) < 4.78 is 37.2. The molecule has 1 aromatic carbocycles. The second-order valence-electron chi connectivity index (χ2n) is 5.85. The van der Waals surface area contributed by atoms with Crippen molar-refractivity contribution in [2.75, 3.05) is 46.4 Å². The monoisotopic (exact) mass is 399 g/mol. The molecule has 1 aliphatic heterocycles. The van der Waals surface area contributed by atoms with Gasteiger partial charge in [-0.1, -0.05) is 6.92 Å². The Morgan fingerprint density at radius 2 is 1.74 bits per heavy atom. The topological polar surface area (TPSA) is 105 Å². The number of sulfonamides is 1. The van der Waals surface area contributed by atoms with E-state index in [1.54, 1.807) is 23.6 Å². The zero-order valence-corrected chi connectivity index (χ0v) is 16.5. The van der Waals surface area contributed by atoms with Gasteiger partial charge in [0.05, 0.1) is 13.7 Å². The van der Waals surface area contributed by atoms with Gasteiger partial charge in [0.2, 0.25) is 10.0 Å². The molecular weight excluding hydrogens is 374 g/mol. The molecule has 0 saturated carbocycles. The second-order valence-corrected chi connectivity index (χ2v) is 7.58. The summed E-state index contributed by atoms with van der Waals surface area (Å²) in [5.74, 6) is -0.131. The largest absolute Gasteiger partial charge is 0.495 e. The zero-order valence-electron chi connectivity index (χ0n) is 15.7. The van der Waals surface area contributed by atoms with Gasteiger partial charge in [-0.15, -0.1) is 0 Å². The van der Waals surface area contributed by atoms with E-state index in [1.165, 1.54) is 25.3 Å². The summed E-state index contributed by atoms with van der Waals surface area (Å²) in [5, 5.41) is 0. The first-order valence-corrected chi connectivity index (χ1v) is 10.2. The van der Waals surface area contributed by atoms with E-state index in [1.807, 2.05) is 0 Å². The summed E-state index contributed by atoms with van der Waals surface area (Å²) in [7, 11) is -2.41. The number of carbonyl (C=O) groups excluding carboxylic acids is 2. The fourth-order valence-electron chi connectivity index (χ4n) is 2.78. The van der Waals surface area contributed by atoms with Gasteiger partial charge in [0.1, 0.15) is 10.6 Å². The summed E-state index contributed by atoms with van der Waals surface area (Å²) in [4.78, 5) is 27.6. The Kier molecular flexibility index (Phi) is 7.03. The highest BCUT2D eigenvalue weighted by Gasteiger charge is 2.27. The van der Waals surface area contributed by atoms with E-state index < -0.39 is 16.1 Å². The smallest absolute Gasteiger partial charge is 0.409 e. The molecule has 0 atom stereocenters. The van der Waals surface area contributed by atoms with Gasteiger partial charge in [-0.3, -0.25) is 4.79 Å². The minimum Gasteiger partial charge on any atom is -0.495 e. The average molecular weight is 399 g/mol. The van der Waals surface area contributed by atoms with Gasteiger partial charge >= 0.3 is 6.09 Å². The van der Waals surface area contributed by atoms with Crippen molar-refractivity contribution in [1.82, 2.24) is 14.5 Å². The normalized spacial score (nSPS) is 14.8. The number of rotatable bonds is 6. The summed E-state index contributed by atoms with van der Waals surface area (Å²) in [5.41, 5.74) is 0.247. The van der Waals surface area contributed by atoms with E-state index >= 15 is 0 Å². The van der Waals surface area contributed by atoms with Gasteiger partial charge in [0, 0.05) is 38.3 Å². The summed E-state index contributed by atoms with van der Waals surface area (Å²) in [6.07, 6.45) is -0.395. The lowest BCUT2D eigenvalue weighted by atomic mass is 10.1. The molecule has 0 unspecified atom stereocenters. The number of methoxy groups -OCH3 is 1. The number of nitrogens with zero attached hydrogens (tertiary/aromatic N) is 2. The number of nitrogens with one attached hydrogen (secondary N) is 1. The SMILES string of the molecule is CCNS(=O)(=O)c1cc(C(=O)N2CCN(C(=O)OCC)CC2)ccc1OC. The molecule has 150 valence electrons. The lowest BCUT2D eigenvalue weighted by Crippen LogP contribution is -2.50. The number of hydrogen-bond donors (Lipinski definition) is 1. The first-order chi connectivity index (χ1) is 12.8. The molecule has 0 aliphatic carbocycles. The molecule has 1 N–H and O–H groups in total. The van der Waals surface area contributed by atoms with Crippen LogP contribution >= 0.6 is 0 Å². The Morgan fingerprint density at radius 1 is 1.11 bits per heavy atom. The lowest BCUT2D eigenvalue weighted by molar-refractivity contribution is 0.0570. The summed E-state index contributed by atoms with van der Waals surface area (Å²) >= 11 is 0. The van der Waals surface area contributed by atoms with E-state index in [0.717, 1.165) is 0 Å². The molecule has 2 amide bonds. The van der Waals surface area contributed by atoms with Crippen LogP contribution in [0.1, 0.15) is 24.2 Å². The Balaban J connectivity index is 2.17. The van der Waals surface area contributed by atoms with Crippen LogP contribution in [0.4, 0.5) is 4.79 Å². The van der Waals surface area contributed by atoms with Crippen molar-refractivity contribution in [1.29, 1.82) is 0 Å². The molecule has 10 heteroatoms. The minimum atomic E-state index is -3.78. The van der Waals surface area contributed by atoms with Gasteiger partial charge in [-0.25, -0.2) is 17.9 Å². The van der Waals surface area contributed by atoms with Crippen LogP contribution in [0.15, 0.2) is 23.1 Å². The van der Waals surface area contributed by atoms with Gasteiger partial charge in [-0.05, 0) is 25.1 Å². The fraction of sp³-hybridized carbons (Fsp3) is 0.529. The van der Waals surface area contributed by atoms with Crippen LogP contribution in [-0.4, -0.2) is 76.7 Å². The van der Waals surface area contributed by atoms with Crippen molar-refractivity contribution in [3.05, 3.63) is 23.8 Å². The Morgan fingerprint density at radius 3 is 2.30 bits per heavy atom. The molecule has 27 heavy (non-hydrogen) atoms. The first kappa shape index (κ1) is 21.0. The number of carbonyl (C=O) groups is 2. The van der Waals surface area contributed by atoms with Crippen LogP contribution in [0.3, 0.4) is 0 Å². The molecule has 1 heterocycles. The predicted molar refractivity (Wildman–Crippen MR) is 98.4 cm³/mol. The molecule has 0 aromatic heterocycles. The van der Waals surface area contributed by atoms with Crippen LogP contribution < -0.4 is 9.46 Å². The number of amides is 2. The highest BCUT2D eigenvalue weighted by Crippen LogP contribution is 2.25. The van der Waals surface area contributed by atoms with E-state index in [0.29, 0.717) is 32.8 Å². The van der Waals surface area contributed by atoms with E-state index in [2.05, 4.69) is 4.72 Å². The van der Waals surface area contributed by atoms with Crippen molar-refractivity contribution in [2.24, 2.45) is 0 Å². The van der Waals surface area contributed by atoms with Crippen molar-refractivity contribution < 1.29 is 27.5 Å². The Bertz CT molecular complexity index is 788. The quantitative estimate of drug-likeness (QED) is 0.762. The van der Waals surface area contributed by atoms with Crippen LogP contribution in [0.25, 0.3) is 0 Å². The number of ether oxygens (including phenoxy) is 2. The van der Waals surface area contributed by atoms with Crippen molar-refractivity contribution in [2.45, 2.75) is 18.7 Å². The van der Waals surface area contributed by atoms with Gasteiger partial charge in [-0.2, -0.15) is 0 Å². The van der Waals surface area contributed by atoms with E-state index in [-0.39, 0.29) is 28.7 Å². The maximum atomic E-state index is 12.8. The number of hydrogen-bond acceptors (Lipinski definition) is 6. The predicted octanol–water partition coefficient (Wildman–Crippen LogP) is 0.908. The summed E-state index contributed by atoms with van der Waals surface area (Å²) in [6, 6.07) is 4.31. The molecule has 1 aliphatic rings. The highest BCUT2D eigenvalue weighted by atomic mass is 32.2.